The second-order valence-electron chi connectivity index (χ2n) is 2.15. The van der Waals surface area contributed by atoms with Crippen LogP contribution in [-0.2, 0) is 0 Å². The number of hydrogen-bond donors (Lipinski definition) is 2. The van der Waals surface area contributed by atoms with Gasteiger partial charge in [-0.15, -0.1) is 12.6 Å². The van der Waals surface area contributed by atoms with Crippen molar-refractivity contribution >= 4 is 31.6 Å². The second kappa shape index (κ2) is 8.47. The largest absolute Gasteiger partial charge is 0.353 e. The van der Waals surface area contributed by atoms with Crippen LogP contribution in [0.2, 0.25) is 0 Å². The highest BCUT2D eigenvalue weighted by Gasteiger charge is 1.71. The Labute approximate surface area is 94.5 Å². The average molecular weight is 224 g/mol. The quantitative estimate of drug-likeness (QED) is 0.343. The molecular weight excluding hydrogens is 212 g/mol. The van der Waals surface area contributed by atoms with Crippen LogP contribution in [0.1, 0.15) is 0 Å². The Hall–Kier alpha value is -1.13. The molecule has 74 valence electrons. The van der Waals surface area contributed by atoms with Gasteiger partial charge in [-0.1, -0.05) is 30.9 Å². The van der Waals surface area contributed by atoms with Crippen molar-refractivity contribution in [3.05, 3.63) is 52.8 Å². The number of hydrogen-bond acceptors (Lipinski definition) is 3. The van der Waals surface area contributed by atoms with E-state index in [1.54, 1.807) is 12.2 Å². The number of pyridine rings is 1. The summed E-state index contributed by atoms with van der Waals surface area (Å²) in [5.41, 5.74) is 0. The van der Waals surface area contributed by atoms with Crippen molar-refractivity contribution in [2.75, 3.05) is 0 Å². The van der Waals surface area contributed by atoms with Crippen molar-refractivity contribution in [3.8, 4) is 0 Å². The molecule has 0 unspecified atom stereocenters. The molecule has 1 aromatic heterocycles. The molecule has 0 aromatic carbocycles. The lowest BCUT2D eigenvalue weighted by molar-refractivity contribution is 1.30. The number of aromatic amines is 1. The summed E-state index contributed by atoms with van der Waals surface area (Å²) in [5.74, 6) is 0. The lowest BCUT2D eigenvalue weighted by atomic mass is 10.5. The summed E-state index contributed by atoms with van der Waals surface area (Å²) in [4.78, 5) is 6.33. The predicted molar refractivity (Wildman–Crippen MR) is 68.4 cm³/mol. The van der Waals surface area contributed by atoms with Crippen LogP contribution in [0.4, 0.5) is 0 Å². The fourth-order valence-electron chi connectivity index (χ4n) is 0.535. The zero-order valence-corrected chi connectivity index (χ0v) is 9.39. The van der Waals surface area contributed by atoms with Gasteiger partial charge in [0.15, 0.2) is 0 Å². The number of allylic oxidation sites excluding steroid dienone is 2. The molecule has 0 aliphatic rings. The van der Waals surface area contributed by atoms with Gasteiger partial charge in [-0.25, -0.2) is 0 Å². The van der Waals surface area contributed by atoms with E-state index < -0.39 is 0 Å². The molecule has 0 bridgehead atoms. The molecule has 0 spiro atoms. The minimum Gasteiger partial charge on any atom is -0.353 e. The Morgan fingerprint density at radius 2 is 2.29 bits per heavy atom. The van der Waals surface area contributed by atoms with Crippen molar-refractivity contribution in [2.45, 2.75) is 0 Å². The Morgan fingerprint density at radius 1 is 1.57 bits per heavy atom. The minimum atomic E-state index is 0.593. The summed E-state index contributed by atoms with van der Waals surface area (Å²) in [6.07, 6.45) is 5.08. The number of H-pyrrole nitrogens is 1. The number of thiol groups is 1. The molecule has 0 saturated carbocycles. The van der Waals surface area contributed by atoms with E-state index in [-0.39, 0.29) is 0 Å². The van der Waals surface area contributed by atoms with Gasteiger partial charge in [0.1, 0.15) is 4.64 Å². The van der Waals surface area contributed by atoms with E-state index in [9.17, 15) is 0 Å². The van der Waals surface area contributed by atoms with Gasteiger partial charge in [0.25, 0.3) is 0 Å². The van der Waals surface area contributed by atoms with Crippen LogP contribution in [0.25, 0.3) is 0 Å². The maximum absolute atomic E-state index is 4.76. The fraction of sp³-hybridized carbons (Fsp3) is 0. The molecule has 0 atom stereocenters. The predicted octanol–water partition coefficient (Wildman–Crippen LogP) is 3.39. The maximum Gasteiger partial charge on any atom is 0.103 e. The molecule has 1 N–H and O–H groups in total. The first-order chi connectivity index (χ1) is 6.70. The first-order valence-corrected chi connectivity index (χ1v) is 4.68. The number of nitrogens with zero attached hydrogens (tertiary/aromatic N) is 1. The van der Waals surface area contributed by atoms with E-state index in [2.05, 4.69) is 35.9 Å². The Balaban J connectivity index is 0.000000241. The third-order valence-electron chi connectivity index (χ3n) is 1.11. The highest BCUT2D eigenvalue weighted by molar-refractivity contribution is 7.84. The maximum atomic E-state index is 4.76. The first-order valence-electron chi connectivity index (χ1n) is 3.83. The van der Waals surface area contributed by atoms with E-state index in [4.69, 9.17) is 12.2 Å². The van der Waals surface area contributed by atoms with Gasteiger partial charge in [0.05, 0.1) is 5.03 Å². The third kappa shape index (κ3) is 7.52. The smallest absolute Gasteiger partial charge is 0.103 e. The molecule has 1 heterocycles. The van der Waals surface area contributed by atoms with Crippen LogP contribution in [0.15, 0.2) is 53.1 Å². The molecule has 2 nitrogen and oxygen atoms in total. The van der Waals surface area contributed by atoms with Gasteiger partial charge < -0.3 is 4.98 Å². The zero-order chi connectivity index (χ0) is 10.8. The normalized spacial score (nSPS) is 9.64. The lowest BCUT2D eigenvalue weighted by Crippen LogP contribution is -1.64. The lowest BCUT2D eigenvalue weighted by Gasteiger charge is -1.79. The summed E-state index contributed by atoms with van der Waals surface area (Å²) in [6, 6.07) is 5.64. The van der Waals surface area contributed by atoms with E-state index in [1.807, 2.05) is 24.4 Å². The fourth-order valence-corrected chi connectivity index (χ4v) is 0.787. The van der Waals surface area contributed by atoms with Gasteiger partial charge in [-0.2, -0.15) is 0 Å². The van der Waals surface area contributed by atoms with Crippen LogP contribution in [-0.4, -0.2) is 11.7 Å². The van der Waals surface area contributed by atoms with Crippen molar-refractivity contribution in [3.63, 3.8) is 0 Å². The molecule has 4 heteroatoms. The van der Waals surface area contributed by atoms with Gasteiger partial charge in [-0.3, -0.25) is 4.99 Å². The summed E-state index contributed by atoms with van der Waals surface area (Å²) in [5, 5.41) is 0.593. The molecule has 14 heavy (non-hydrogen) atoms. The van der Waals surface area contributed by atoms with Gasteiger partial charge >= 0.3 is 0 Å². The molecular formula is C10H12N2S2. The van der Waals surface area contributed by atoms with Crippen LogP contribution in [0.3, 0.4) is 0 Å². The first kappa shape index (κ1) is 12.9. The van der Waals surface area contributed by atoms with E-state index in [0.29, 0.717) is 5.03 Å². The van der Waals surface area contributed by atoms with Gasteiger partial charge in [0, 0.05) is 6.20 Å². The van der Waals surface area contributed by atoms with Crippen molar-refractivity contribution < 1.29 is 0 Å². The average Bonchev–Trinajstić information content (AvgIpc) is 2.20. The molecule has 0 aliphatic carbocycles. The Bertz CT molecular complexity index is 349. The van der Waals surface area contributed by atoms with E-state index in [0.717, 1.165) is 4.64 Å². The third-order valence-corrected chi connectivity index (χ3v) is 1.65. The summed E-state index contributed by atoms with van der Waals surface area (Å²) >= 11 is 8.63. The molecule has 0 fully saturated rings. The molecule has 1 rings (SSSR count). The van der Waals surface area contributed by atoms with Crippen molar-refractivity contribution in [2.24, 2.45) is 4.99 Å². The monoisotopic (exact) mass is 224 g/mol. The van der Waals surface area contributed by atoms with Crippen LogP contribution < -0.4 is 0 Å². The van der Waals surface area contributed by atoms with Gasteiger partial charge in [0.2, 0.25) is 0 Å². The molecule has 1 aromatic rings. The summed E-state index contributed by atoms with van der Waals surface area (Å²) < 4.78 is 0.780. The molecule has 0 amide bonds. The van der Waals surface area contributed by atoms with Crippen molar-refractivity contribution in [1.29, 1.82) is 0 Å². The Kier molecular flexibility index (Phi) is 7.78. The molecule has 0 aliphatic heterocycles. The van der Waals surface area contributed by atoms with Crippen LogP contribution in [0, 0.1) is 4.64 Å². The standard InChI is InChI=1S/C5H5NS.C5H7NS/c7-5-3-1-2-4-6-5;1-3-4-5(7)6-2/h1-4H,(H,6,7);3-4,7H,1-2H2/b;5-4+. The van der Waals surface area contributed by atoms with Gasteiger partial charge in [-0.05, 0) is 24.9 Å². The summed E-state index contributed by atoms with van der Waals surface area (Å²) in [7, 11) is 0. The van der Waals surface area contributed by atoms with E-state index in [1.165, 1.54) is 0 Å². The number of aromatic nitrogens is 1. The molecule has 0 radical (unpaired) electrons. The zero-order valence-electron chi connectivity index (χ0n) is 7.68. The SMILES string of the molecule is C=C/C=C(/S)N=C.S=c1cccc[nH]1. The van der Waals surface area contributed by atoms with Crippen LogP contribution >= 0.6 is 24.8 Å². The minimum absolute atomic E-state index is 0.593. The highest BCUT2D eigenvalue weighted by atomic mass is 32.1. The second-order valence-corrected chi connectivity index (χ2v) is 3.04. The highest BCUT2D eigenvalue weighted by Crippen LogP contribution is 1.98. The number of nitrogens with one attached hydrogen (secondary N) is 1. The van der Waals surface area contributed by atoms with E-state index >= 15 is 0 Å². The topological polar surface area (TPSA) is 28.1 Å². The summed E-state index contributed by atoms with van der Waals surface area (Å²) in [6.45, 7) is 6.67. The molecule has 0 saturated heterocycles. The van der Waals surface area contributed by atoms with Crippen LogP contribution in [0.5, 0.6) is 0 Å². The number of aliphatic imine (C=N–C) groups is 1. The number of rotatable bonds is 2. The van der Waals surface area contributed by atoms with Crippen molar-refractivity contribution in [1.82, 2.24) is 4.98 Å². The Morgan fingerprint density at radius 3 is 2.50 bits per heavy atom.